The summed E-state index contributed by atoms with van der Waals surface area (Å²) in [5.41, 5.74) is 0.641. The second-order valence-electron chi connectivity index (χ2n) is 9.11. The molecule has 2 aromatic rings. The van der Waals surface area contributed by atoms with Gasteiger partial charge in [-0.15, -0.1) is 0 Å². The van der Waals surface area contributed by atoms with Crippen molar-refractivity contribution in [1.29, 1.82) is 0 Å². The number of hydrogen-bond donors (Lipinski definition) is 1. The molecule has 0 aromatic heterocycles. The second kappa shape index (κ2) is 10.3. The predicted octanol–water partition coefficient (Wildman–Crippen LogP) is 7.14. The lowest BCUT2D eigenvalue weighted by Gasteiger charge is -2.40. The summed E-state index contributed by atoms with van der Waals surface area (Å²) in [6, 6.07) is 13.1. The summed E-state index contributed by atoms with van der Waals surface area (Å²) in [4.78, 5) is 15.0. The average Bonchev–Trinajstić information content (AvgIpc) is 2.81. The van der Waals surface area contributed by atoms with E-state index in [1.165, 1.54) is 38.2 Å². The molecule has 0 unspecified atom stereocenters. The fourth-order valence-electron chi connectivity index (χ4n) is 5.43. The highest BCUT2D eigenvalue weighted by atomic mass is 19.1. The van der Waals surface area contributed by atoms with Crippen LogP contribution in [0.25, 0.3) is 0 Å². The van der Waals surface area contributed by atoms with E-state index in [1.54, 1.807) is 4.90 Å². The van der Waals surface area contributed by atoms with Crippen molar-refractivity contribution in [3.63, 3.8) is 0 Å². The molecule has 31 heavy (non-hydrogen) atoms. The third kappa shape index (κ3) is 5.44. The molecule has 0 radical (unpaired) electrons. The van der Waals surface area contributed by atoms with Gasteiger partial charge in [0, 0.05) is 12.6 Å². The number of carbonyl (C=O) groups excluding carboxylic acids is 1. The number of amides is 2. The van der Waals surface area contributed by atoms with Crippen LogP contribution in [0.1, 0.15) is 63.4 Å². The molecule has 2 aliphatic carbocycles. The molecule has 3 nitrogen and oxygen atoms in total. The lowest BCUT2D eigenvalue weighted by Crippen LogP contribution is -2.45. The van der Waals surface area contributed by atoms with Gasteiger partial charge in [-0.2, -0.15) is 0 Å². The summed E-state index contributed by atoms with van der Waals surface area (Å²) in [5, 5.41) is 2.51. The van der Waals surface area contributed by atoms with Crippen molar-refractivity contribution >= 4 is 11.7 Å². The van der Waals surface area contributed by atoms with Crippen molar-refractivity contribution in [2.45, 2.75) is 70.4 Å². The zero-order chi connectivity index (χ0) is 21.6. The molecule has 2 aliphatic rings. The van der Waals surface area contributed by atoms with Gasteiger partial charge in [0.2, 0.25) is 0 Å². The average molecular weight is 427 g/mol. The molecule has 2 amide bonds. The van der Waals surface area contributed by atoms with E-state index >= 15 is 0 Å². The van der Waals surface area contributed by atoms with Crippen molar-refractivity contribution in [3.8, 4) is 0 Å². The molecule has 5 heteroatoms. The van der Waals surface area contributed by atoms with Crippen LogP contribution < -0.4 is 5.32 Å². The summed E-state index contributed by atoms with van der Waals surface area (Å²) in [5.74, 6) is 0.0730. The monoisotopic (exact) mass is 426 g/mol. The van der Waals surface area contributed by atoms with Gasteiger partial charge in [-0.25, -0.2) is 13.6 Å². The number of anilines is 1. The van der Waals surface area contributed by atoms with Gasteiger partial charge in [-0.1, -0.05) is 68.5 Å². The Morgan fingerprint density at radius 3 is 2.06 bits per heavy atom. The molecular formula is C26H32F2N2O. The van der Waals surface area contributed by atoms with Crippen molar-refractivity contribution in [3.05, 3.63) is 65.7 Å². The number of benzene rings is 2. The molecule has 0 heterocycles. The lowest BCUT2D eigenvalue weighted by molar-refractivity contribution is 0.120. The summed E-state index contributed by atoms with van der Waals surface area (Å²) in [6.45, 7) is 0.432. The Morgan fingerprint density at radius 2 is 1.42 bits per heavy atom. The predicted molar refractivity (Wildman–Crippen MR) is 120 cm³/mol. The van der Waals surface area contributed by atoms with Crippen molar-refractivity contribution in [2.75, 3.05) is 5.32 Å². The van der Waals surface area contributed by atoms with Gasteiger partial charge < -0.3 is 10.2 Å². The normalized spacial score (nSPS) is 22.1. The van der Waals surface area contributed by atoms with E-state index in [0.717, 1.165) is 55.2 Å². The first-order valence-electron chi connectivity index (χ1n) is 11.7. The molecule has 0 aliphatic heterocycles. The van der Waals surface area contributed by atoms with Crippen molar-refractivity contribution in [1.82, 2.24) is 4.90 Å². The minimum Gasteiger partial charge on any atom is -0.317 e. The molecular weight excluding hydrogens is 394 g/mol. The van der Waals surface area contributed by atoms with Crippen LogP contribution in [0.4, 0.5) is 19.3 Å². The number of hydrogen-bond acceptors (Lipinski definition) is 1. The van der Waals surface area contributed by atoms with Crippen LogP contribution >= 0.6 is 0 Å². The van der Waals surface area contributed by atoms with E-state index in [9.17, 15) is 13.6 Å². The number of halogens is 2. The smallest absolute Gasteiger partial charge is 0.317 e. The van der Waals surface area contributed by atoms with Crippen LogP contribution in [-0.2, 0) is 6.54 Å². The molecule has 166 valence electrons. The van der Waals surface area contributed by atoms with Crippen molar-refractivity contribution in [2.24, 2.45) is 11.8 Å². The Balaban J connectivity index is 1.47. The maximum atomic E-state index is 14.1. The third-order valence-electron chi connectivity index (χ3n) is 7.15. The second-order valence-corrected chi connectivity index (χ2v) is 9.11. The van der Waals surface area contributed by atoms with Gasteiger partial charge in [0.15, 0.2) is 0 Å². The van der Waals surface area contributed by atoms with Gasteiger partial charge in [-0.05, 0) is 55.2 Å². The van der Waals surface area contributed by atoms with Crippen molar-refractivity contribution < 1.29 is 13.6 Å². The molecule has 2 saturated carbocycles. The Kier molecular flexibility index (Phi) is 7.21. The highest BCUT2D eigenvalue weighted by Gasteiger charge is 2.33. The first-order chi connectivity index (χ1) is 15.1. The lowest BCUT2D eigenvalue weighted by atomic mass is 9.72. The molecule has 0 spiro atoms. The molecule has 2 fully saturated rings. The van der Waals surface area contributed by atoms with Crippen LogP contribution in [0.2, 0.25) is 0 Å². The van der Waals surface area contributed by atoms with Gasteiger partial charge >= 0.3 is 6.03 Å². The minimum atomic E-state index is -0.756. The molecule has 1 N–H and O–H groups in total. The first kappa shape index (κ1) is 21.8. The number of nitrogens with one attached hydrogen (secondary N) is 1. The van der Waals surface area contributed by atoms with E-state index in [4.69, 9.17) is 0 Å². The molecule has 2 aromatic carbocycles. The van der Waals surface area contributed by atoms with Gasteiger partial charge in [0.1, 0.15) is 17.3 Å². The van der Waals surface area contributed by atoms with Crippen LogP contribution in [-0.4, -0.2) is 17.0 Å². The Labute approximate surface area is 183 Å². The summed E-state index contributed by atoms with van der Waals surface area (Å²) >= 11 is 0. The molecule has 0 atom stereocenters. The van der Waals surface area contributed by atoms with E-state index < -0.39 is 17.7 Å². The maximum absolute atomic E-state index is 14.1. The molecule has 0 bridgehead atoms. The zero-order valence-corrected chi connectivity index (χ0v) is 18.0. The van der Waals surface area contributed by atoms with E-state index in [1.807, 2.05) is 30.3 Å². The molecule has 4 rings (SSSR count). The van der Waals surface area contributed by atoms with Gasteiger partial charge in [0.25, 0.3) is 0 Å². The highest BCUT2D eigenvalue weighted by Crippen LogP contribution is 2.39. The van der Waals surface area contributed by atoms with E-state index in [2.05, 4.69) is 5.32 Å². The number of para-hydroxylation sites is 1. The zero-order valence-electron chi connectivity index (χ0n) is 18.0. The van der Waals surface area contributed by atoms with Crippen LogP contribution in [0.5, 0.6) is 0 Å². The SMILES string of the molecule is O=C(Nc1c(F)cccc1F)N(Cc1ccccc1)[C@H]1CC[C@H](C2CCCCC2)CC1. The quantitative estimate of drug-likeness (QED) is 0.541. The van der Waals surface area contributed by atoms with E-state index in [-0.39, 0.29) is 11.7 Å². The van der Waals surface area contributed by atoms with E-state index in [0.29, 0.717) is 6.54 Å². The largest absolute Gasteiger partial charge is 0.322 e. The van der Waals surface area contributed by atoms with Gasteiger partial charge in [-0.3, -0.25) is 0 Å². The van der Waals surface area contributed by atoms with Crippen LogP contribution in [0.15, 0.2) is 48.5 Å². The maximum Gasteiger partial charge on any atom is 0.322 e. The number of urea groups is 1. The fraction of sp³-hybridized carbons (Fsp3) is 0.500. The number of rotatable bonds is 5. The summed E-state index contributed by atoms with van der Waals surface area (Å²) < 4.78 is 28.3. The van der Waals surface area contributed by atoms with Crippen LogP contribution in [0, 0.1) is 23.5 Å². The summed E-state index contributed by atoms with van der Waals surface area (Å²) in [7, 11) is 0. The van der Waals surface area contributed by atoms with Crippen LogP contribution in [0.3, 0.4) is 0 Å². The Bertz CT molecular complexity index is 839. The highest BCUT2D eigenvalue weighted by molar-refractivity contribution is 5.89. The minimum absolute atomic E-state index is 0.0786. The standard InChI is InChI=1S/C26H32F2N2O/c27-23-12-7-13-24(28)25(23)29-26(31)30(18-19-8-3-1-4-9-19)22-16-14-21(15-17-22)20-10-5-2-6-11-20/h1,3-4,7-9,12-13,20-22H,2,5-6,10-11,14-18H2,(H,29,31)/t21-,22-. The summed E-state index contributed by atoms with van der Waals surface area (Å²) in [6.07, 6.45) is 10.9. The number of carbonyl (C=O) groups is 1. The Morgan fingerprint density at radius 1 is 0.806 bits per heavy atom. The third-order valence-corrected chi connectivity index (χ3v) is 7.15. The molecule has 0 saturated heterocycles. The fourth-order valence-corrected chi connectivity index (χ4v) is 5.43. The Hall–Kier alpha value is -2.43. The first-order valence-corrected chi connectivity index (χ1v) is 11.7. The number of nitrogens with zero attached hydrogens (tertiary/aromatic N) is 1. The van der Waals surface area contributed by atoms with Gasteiger partial charge in [0.05, 0.1) is 0 Å². The topological polar surface area (TPSA) is 32.3 Å².